The van der Waals surface area contributed by atoms with Gasteiger partial charge in [0.1, 0.15) is 0 Å². The van der Waals surface area contributed by atoms with E-state index in [-0.39, 0.29) is 0 Å². The van der Waals surface area contributed by atoms with Gasteiger partial charge in [-0.25, -0.2) is 0 Å². The largest absolute Gasteiger partial charge is 0.326 e. The lowest BCUT2D eigenvalue weighted by atomic mass is 10.2. The maximum absolute atomic E-state index is 5.40. The van der Waals surface area contributed by atoms with Gasteiger partial charge in [0.15, 0.2) is 0 Å². The monoisotopic (exact) mass is 136 g/mol. The van der Waals surface area contributed by atoms with Gasteiger partial charge in [0.05, 0.1) is 0 Å². The van der Waals surface area contributed by atoms with Crippen molar-refractivity contribution in [1.82, 2.24) is 0 Å². The Balaban J connectivity index is 2.88. The lowest BCUT2D eigenvalue weighted by Gasteiger charge is -1.94. The molecule has 0 aliphatic carbocycles. The molecule has 0 saturated carbocycles. The van der Waals surface area contributed by atoms with E-state index in [0.29, 0.717) is 6.54 Å². The number of rotatable bonds is 1. The van der Waals surface area contributed by atoms with Crippen LogP contribution in [-0.4, -0.2) is 10.2 Å². The van der Waals surface area contributed by atoms with Crippen molar-refractivity contribution in [3.05, 3.63) is 29.8 Å². The minimum absolute atomic E-state index is 0.642. The highest BCUT2D eigenvalue weighted by Crippen LogP contribution is 1.92. The third kappa shape index (κ3) is 1.66. The molecule has 0 unspecified atom stereocenters. The Kier molecular flexibility index (Phi) is 2.03. The van der Waals surface area contributed by atoms with Crippen LogP contribution < -0.4 is 10.9 Å². The quantitative estimate of drug-likeness (QED) is 0.513. The highest BCUT2D eigenvalue weighted by molar-refractivity contribution is 6.32. The highest BCUT2D eigenvalue weighted by Gasteiger charge is 1.84. The number of hydrogen-bond donors (Lipinski definition) is 1. The molecule has 0 atom stereocenters. The van der Waals surface area contributed by atoms with Crippen LogP contribution in [0.2, 0.25) is 0 Å². The normalized spacial score (nSPS) is 9.56. The summed E-state index contributed by atoms with van der Waals surface area (Å²) in [6, 6.07) is 8.28. The molecule has 0 fully saturated rings. The molecule has 1 nitrogen and oxygen atoms in total. The average molecular weight is 136 g/mol. The zero-order chi connectivity index (χ0) is 6.69. The van der Waals surface area contributed by atoms with Crippen LogP contribution in [-0.2, 0) is 6.54 Å². The third-order valence-corrected chi connectivity index (χ3v) is 1.73. The second-order valence-corrected chi connectivity index (χ2v) is 2.84. The summed E-state index contributed by atoms with van der Waals surface area (Å²) < 4.78 is 0. The Labute approximate surface area is 58.3 Å². The van der Waals surface area contributed by atoms with E-state index in [2.05, 4.69) is 24.3 Å². The molecule has 0 amide bonds. The van der Waals surface area contributed by atoms with E-state index in [9.17, 15) is 0 Å². The Bertz CT molecular complexity index is 181. The van der Waals surface area contributed by atoms with Crippen molar-refractivity contribution in [2.75, 3.05) is 0 Å². The van der Waals surface area contributed by atoms with E-state index in [4.69, 9.17) is 5.73 Å². The maximum Gasteiger partial charge on any atom is 0.0477 e. The first-order valence-corrected chi connectivity index (χ1v) is 3.64. The summed E-state index contributed by atoms with van der Waals surface area (Å²) in [7, 11) is 1.88. The summed E-state index contributed by atoms with van der Waals surface area (Å²) in [6.07, 6.45) is 0. The molecule has 47 valence electrons. The summed E-state index contributed by atoms with van der Waals surface area (Å²) in [5.41, 5.74) is 6.60. The molecule has 1 aromatic rings. The van der Waals surface area contributed by atoms with Crippen LogP contribution in [0.5, 0.6) is 0 Å². The van der Waals surface area contributed by atoms with E-state index in [1.807, 2.05) is 10.2 Å². The fourth-order valence-electron chi connectivity index (χ4n) is 0.675. The van der Waals surface area contributed by atoms with E-state index in [0.717, 1.165) is 0 Å². The molecular formula is C7H10NSi. The molecule has 1 radical (unpaired) electrons. The van der Waals surface area contributed by atoms with Gasteiger partial charge in [-0.3, -0.25) is 0 Å². The summed E-state index contributed by atoms with van der Waals surface area (Å²) in [4.78, 5) is 0. The van der Waals surface area contributed by atoms with Crippen molar-refractivity contribution < 1.29 is 0 Å². The van der Waals surface area contributed by atoms with Gasteiger partial charge in [0, 0.05) is 16.8 Å². The van der Waals surface area contributed by atoms with Crippen molar-refractivity contribution in [3.8, 4) is 0 Å². The molecule has 0 saturated heterocycles. The van der Waals surface area contributed by atoms with Crippen LogP contribution in [0, 0.1) is 0 Å². The van der Waals surface area contributed by atoms with Gasteiger partial charge in [-0.2, -0.15) is 0 Å². The second kappa shape index (κ2) is 2.80. The SMILES string of the molecule is NCc1ccc([SiH2])cc1. The van der Waals surface area contributed by atoms with E-state index < -0.39 is 0 Å². The summed E-state index contributed by atoms with van der Waals surface area (Å²) in [5, 5.41) is 1.31. The maximum atomic E-state index is 5.40. The van der Waals surface area contributed by atoms with Crippen molar-refractivity contribution in [1.29, 1.82) is 0 Å². The van der Waals surface area contributed by atoms with E-state index in [1.165, 1.54) is 10.8 Å². The topological polar surface area (TPSA) is 26.0 Å². The molecule has 0 aliphatic rings. The first kappa shape index (κ1) is 6.52. The fourth-order valence-corrected chi connectivity index (χ4v) is 0.911. The molecule has 0 bridgehead atoms. The second-order valence-electron chi connectivity index (χ2n) is 2.02. The van der Waals surface area contributed by atoms with Gasteiger partial charge < -0.3 is 5.73 Å². The molecular weight excluding hydrogens is 126 g/mol. The fraction of sp³-hybridized carbons (Fsp3) is 0.143. The lowest BCUT2D eigenvalue weighted by molar-refractivity contribution is 1.07. The number of benzene rings is 1. The molecule has 0 spiro atoms. The average Bonchev–Trinajstić information content (AvgIpc) is 1.90. The molecule has 2 heteroatoms. The molecule has 2 N–H and O–H groups in total. The Morgan fingerprint density at radius 1 is 1.22 bits per heavy atom. The van der Waals surface area contributed by atoms with Gasteiger partial charge in [0.25, 0.3) is 0 Å². The minimum atomic E-state index is 0.642. The van der Waals surface area contributed by atoms with Gasteiger partial charge in [0.2, 0.25) is 0 Å². The minimum Gasteiger partial charge on any atom is -0.326 e. The van der Waals surface area contributed by atoms with Gasteiger partial charge in [-0.1, -0.05) is 29.5 Å². The Morgan fingerprint density at radius 3 is 2.22 bits per heavy atom. The van der Waals surface area contributed by atoms with Crippen LogP contribution >= 0.6 is 0 Å². The first-order chi connectivity index (χ1) is 4.33. The van der Waals surface area contributed by atoms with Crippen LogP contribution in [0.1, 0.15) is 5.56 Å². The first-order valence-electron chi connectivity index (χ1n) is 2.94. The standard InChI is InChI=1S/C7H10NSi/c8-5-6-1-3-7(9)4-2-6/h1-4H,5,8-9H2. The van der Waals surface area contributed by atoms with Gasteiger partial charge >= 0.3 is 0 Å². The van der Waals surface area contributed by atoms with Crippen LogP contribution in [0.3, 0.4) is 0 Å². The molecule has 0 heterocycles. The molecule has 1 aromatic carbocycles. The van der Waals surface area contributed by atoms with Crippen molar-refractivity contribution in [2.24, 2.45) is 5.73 Å². The predicted octanol–water partition coefficient (Wildman–Crippen LogP) is -0.596. The van der Waals surface area contributed by atoms with Crippen LogP contribution in [0.4, 0.5) is 0 Å². The molecule has 1 rings (SSSR count). The molecule has 0 aliphatic heterocycles. The van der Waals surface area contributed by atoms with Crippen molar-refractivity contribution in [2.45, 2.75) is 6.54 Å². The van der Waals surface area contributed by atoms with Gasteiger partial charge in [-0.05, 0) is 5.56 Å². The van der Waals surface area contributed by atoms with E-state index >= 15 is 0 Å². The Morgan fingerprint density at radius 2 is 1.78 bits per heavy atom. The lowest BCUT2D eigenvalue weighted by Crippen LogP contribution is -2.02. The van der Waals surface area contributed by atoms with Crippen molar-refractivity contribution in [3.63, 3.8) is 0 Å². The molecule has 9 heavy (non-hydrogen) atoms. The van der Waals surface area contributed by atoms with Crippen LogP contribution in [0.25, 0.3) is 0 Å². The number of nitrogens with two attached hydrogens (primary N) is 1. The van der Waals surface area contributed by atoms with Crippen LogP contribution in [0.15, 0.2) is 24.3 Å². The third-order valence-electron chi connectivity index (χ3n) is 1.26. The summed E-state index contributed by atoms with van der Waals surface area (Å²) >= 11 is 0. The highest BCUT2D eigenvalue weighted by atomic mass is 28.1. The zero-order valence-corrected chi connectivity index (χ0v) is 6.72. The molecule has 0 aromatic heterocycles. The zero-order valence-electron chi connectivity index (χ0n) is 5.30. The Hall–Kier alpha value is -0.603. The summed E-state index contributed by atoms with van der Waals surface area (Å²) in [5.74, 6) is 0. The smallest absolute Gasteiger partial charge is 0.0477 e. The summed E-state index contributed by atoms with van der Waals surface area (Å²) in [6.45, 7) is 0.642. The number of hydrogen-bond acceptors (Lipinski definition) is 1. The van der Waals surface area contributed by atoms with Crippen molar-refractivity contribution >= 4 is 15.4 Å². The van der Waals surface area contributed by atoms with E-state index in [1.54, 1.807) is 0 Å². The predicted molar refractivity (Wildman–Crippen MR) is 42.5 cm³/mol. The van der Waals surface area contributed by atoms with Gasteiger partial charge in [-0.15, -0.1) is 0 Å².